The third-order valence-corrected chi connectivity index (χ3v) is 1.36. The van der Waals surface area contributed by atoms with Gasteiger partial charge >= 0.3 is 0 Å². The molecule has 0 aliphatic carbocycles. The zero-order valence-electron chi connectivity index (χ0n) is 6.54. The minimum absolute atomic E-state index is 0. The van der Waals surface area contributed by atoms with E-state index >= 15 is 0 Å². The molecule has 0 bridgehead atoms. The largest absolute Gasteiger partial charge is 0.507 e. The van der Waals surface area contributed by atoms with Crippen LogP contribution in [0.4, 0.5) is 0 Å². The van der Waals surface area contributed by atoms with Crippen molar-refractivity contribution in [3.8, 4) is 5.75 Å². The summed E-state index contributed by atoms with van der Waals surface area (Å²) in [6.45, 7) is 5.60. The summed E-state index contributed by atoms with van der Waals surface area (Å²) < 4.78 is 0. The van der Waals surface area contributed by atoms with Crippen LogP contribution in [-0.2, 0) is 0 Å². The van der Waals surface area contributed by atoms with E-state index in [0.29, 0.717) is 5.75 Å². The van der Waals surface area contributed by atoms with E-state index in [2.05, 4.69) is 6.58 Å². The summed E-state index contributed by atoms with van der Waals surface area (Å²) in [5.74, 6) is 0.301. The van der Waals surface area contributed by atoms with Crippen molar-refractivity contribution in [2.75, 3.05) is 0 Å². The van der Waals surface area contributed by atoms with E-state index in [1.165, 1.54) is 0 Å². The van der Waals surface area contributed by atoms with Gasteiger partial charge < -0.3 is 5.11 Å². The summed E-state index contributed by atoms with van der Waals surface area (Å²) in [7, 11) is 0. The van der Waals surface area contributed by atoms with Gasteiger partial charge in [0.15, 0.2) is 0 Å². The molecule has 0 spiro atoms. The van der Waals surface area contributed by atoms with Gasteiger partial charge in [-0.3, -0.25) is 0 Å². The summed E-state index contributed by atoms with van der Waals surface area (Å²) in [6.07, 6.45) is 0. The third kappa shape index (κ3) is 2.97. The van der Waals surface area contributed by atoms with Crippen LogP contribution in [0.25, 0.3) is 5.57 Å². The first-order valence-electron chi connectivity index (χ1n) is 3.15. The van der Waals surface area contributed by atoms with Gasteiger partial charge in [0.05, 0.1) is 0 Å². The summed E-state index contributed by atoms with van der Waals surface area (Å²) in [5.41, 5.74) is 1.71. The molecule has 2 heteroatoms. The fourth-order valence-corrected chi connectivity index (χ4v) is 0.835. The van der Waals surface area contributed by atoms with Crippen molar-refractivity contribution in [2.45, 2.75) is 6.92 Å². The molecule has 0 amide bonds. The van der Waals surface area contributed by atoms with Crippen LogP contribution in [-0.4, -0.2) is 5.11 Å². The van der Waals surface area contributed by atoms with Gasteiger partial charge in [-0.15, -0.1) is 0 Å². The Morgan fingerprint density at radius 3 is 2.27 bits per heavy atom. The molecule has 1 rings (SSSR count). The third-order valence-electron chi connectivity index (χ3n) is 1.36. The van der Waals surface area contributed by atoms with Crippen molar-refractivity contribution < 1.29 is 49.2 Å². The second-order valence-corrected chi connectivity index (χ2v) is 2.30. The van der Waals surface area contributed by atoms with Crippen LogP contribution >= 0.6 is 0 Å². The van der Waals surface area contributed by atoms with Gasteiger partial charge in [0.2, 0.25) is 0 Å². The maximum absolute atomic E-state index is 9.22. The Balaban J connectivity index is 0.000001000. The fraction of sp³-hybridized carbons (Fsp3) is 0.111. The van der Waals surface area contributed by atoms with Gasteiger partial charge in [-0.25, -0.2) is 0 Å². The molecule has 0 saturated heterocycles. The van der Waals surface area contributed by atoms with Gasteiger partial charge in [0, 0.05) is 49.6 Å². The Kier molecular flexibility index (Phi) is 5.05. The molecule has 0 fully saturated rings. The first-order chi connectivity index (χ1) is 4.72. The smallest absolute Gasteiger partial charge is 0.123 e. The van der Waals surface area contributed by atoms with Crippen molar-refractivity contribution in [1.82, 2.24) is 0 Å². The molecule has 0 aliphatic heterocycles. The monoisotopic (exact) mass is 361 g/mol. The van der Waals surface area contributed by atoms with Gasteiger partial charge in [-0.05, 0) is 18.6 Å². The summed E-state index contributed by atoms with van der Waals surface area (Å²) in [4.78, 5) is 0. The SMILES string of the molecule is C=C(C)c1ccccc1O.[Ac]. The van der Waals surface area contributed by atoms with Crippen LogP contribution in [0.1, 0.15) is 12.5 Å². The predicted molar refractivity (Wildman–Crippen MR) is 42.8 cm³/mol. The number of rotatable bonds is 1. The zero-order valence-corrected chi connectivity index (χ0v) is 11.3. The topological polar surface area (TPSA) is 20.2 Å². The van der Waals surface area contributed by atoms with E-state index in [4.69, 9.17) is 0 Å². The summed E-state index contributed by atoms with van der Waals surface area (Å²) in [5, 5.41) is 9.22. The van der Waals surface area contributed by atoms with E-state index in [9.17, 15) is 5.11 Å². The number of allylic oxidation sites excluding steroid dienone is 1. The van der Waals surface area contributed by atoms with E-state index in [0.717, 1.165) is 11.1 Å². The second kappa shape index (κ2) is 4.96. The number of para-hydroxylation sites is 1. The van der Waals surface area contributed by atoms with E-state index in [1.54, 1.807) is 12.1 Å². The molecule has 0 atom stereocenters. The van der Waals surface area contributed by atoms with Crippen LogP contribution in [0.3, 0.4) is 0 Å². The van der Waals surface area contributed by atoms with Crippen molar-refractivity contribution in [2.24, 2.45) is 0 Å². The molecule has 1 aromatic rings. The molecule has 0 aromatic heterocycles. The zero-order chi connectivity index (χ0) is 7.56. The van der Waals surface area contributed by atoms with Crippen molar-refractivity contribution in [3.63, 3.8) is 0 Å². The number of hydrogen-bond acceptors (Lipinski definition) is 1. The molecule has 1 nitrogen and oxygen atoms in total. The molecule has 1 radical (unpaired) electrons. The first-order valence-corrected chi connectivity index (χ1v) is 3.15. The van der Waals surface area contributed by atoms with Crippen LogP contribution in [0.5, 0.6) is 5.75 Å². The molecule has 1 N–H and O–H groups in total. The first kappa shape index (κ1) is 11.2. The van der Waals surface area contributed by atoms with Gasteiger partial charge in [-0.1, -0.05) is 24.8 Å². The molecule has 55 valence electrons. The number of phenolic OH excluding ortho intramolecular Hbond substituents is 1. The summed E-state index contributed by atoms with van der Waals surface area (Å²) in [6, 6.07) is 7.17. The minimum Gasteiger partial charge on any atom is -0.507 e. The maximum Gasteiger partial charge on any atom is 0.123 e. The molecule has 11 heavy (non-hydrogen) atoms. The summed E-state index contributed by atoms with van der Waals surface area (Å²) >= 11 is 0. The Morgan fingerprint density at radius 2 is 1.91 bits per heavy atom. The van der Waals surface area contributed by atoms with Crippen LogP contribution in [0, 0.1) is 44.1 Å². The Bertz CT molecular complexity index is 255. The fourth-order valence-electron chi connectivity index (χ4n) is 0.835. The van der Waals surface area contributed by atoms with Gasteiger partial charge in [0.1, 0.15) is 5.75 Å². The Hall–Kier alpha value is 0.202. The normalized spacial score (nSPS) is 8.45. The van der Waals surface area contributed by atoms with Crippen LogP contribution in [0.15, 0.2) is 30.8 Å². The number of phenols is 1. The molecular weight excluding hydrogens is 351 g/mol. The van der Waals surface area contributed by atoms with Crippen molar-refractivity contribution in [3.05, 3.63) is 36.4 Å². The Morgan fingerprint density at radius 1 is 1.36 bits per heavy atom. The predicted octanol–water partition coefficient (Wildman–Crippen LogP) is 2.43. The van der Waals surface area contributed by atoms with Crippen molar-refractivity contribution in [1.29, 1.82) is 0 Å². The molecule has 0 aliphatic rings. The van der Waals surface area contributed by atoms with Crippen LogP contribution < -0.4 is 0 Å². The quantitative estimate of drug-likeness (QED) is 0.815. The van der Waals surface area contributed by atoms with Gasteiger partial charge in [-0.2, -0.15) is 0 Å². The number of hydrogen-bond donors (Lipinski definition) is 1. The van der Waals surface area contributed by atoms with Crippen molar-refractivity contribution >= 4 is 5.57 Å². The minimum atomic E-state index is 0. The maximum atomic E-state index is 9.22. The average Bonchev–Trinajstić information content (AvgIpc) is 1.88. The standard InChI is InChI=1S/C9H10O.Ac/c1-7(2)8-5-3-4-6-9(8)10;/h3-6,10H,1H2,2H3;. The molecule has 0 saturated carbocycles. The molecule has 0 heterocycles. The number of benzene rings is 1. The second-order valence-electron chi connectivity index (χ2n) is 2.30. The Labute approximate surface area is 103 Å². The van der Waals surface area contributed by atoms with E-state index in [-0.39, 0.29) is 44.1 Å². The molecule has 0 unspecified atom stereocenters. The van der Waals surface area contributed by atoms with Gasteiger partial charge in [0.25, 0.3) is 0 Å². The molecular formula is C9H10AcO. The van der Waals surface area contributed by atoms with E-state index < -0.39 is 0 Å². The van der Waals surface area contributed by atoms with Crippen LogP contribution in [0.2, 0.25) is 0 Å². The average molecular weight is 361 g/mol. The number of aromatic hydroxyl groups is 1. The molecule has 1 aromatic carbocycles. The van der Waals surface area contributed by atoms with E-state index in [1.807, 2.05) is 19.1 Å².